The van der Waals surface area contributed by atoms with Crippen LogP contribution in [-0.2, 0) is 25.2 Å². The van der Waals surface area contributed by atoms with Crippen molar-refractivity contribution in [2.45, 2.75) is 32.1 Å². The van der Waals surface area contributed by atoms with Gasteiger partial charge in [0.2, 0.25) is 0 Å². The average Bonchev–Trinajstić information content (AvgIpc) is 2.99. The van der Waals surface area contributed by atoms with E-state index in [-0.39, 0.29) is 20.4 Å². The van der Waals surface area contributed by atoms with Crippen LogP contribution in [0.1, 0.15) is 43.2 Å². The van der Waals surface area contributed by atoms with Gasteiger partial charge in [0.25, 0.3) is 5.97 Å². The Morgan fingerprint density at radius 2 is 1.00 bits per heavy atom. The third kappa shape index (κ3) is 9.04. The molecule has 5 heteroatoms. The normalized spacial score (nSPS) is 12.0. The molecule has 5 aromatic rings. The van der Waals surface area contributed by atoms with Crippen molar-refractivity contribution in [2.24, 2.45) is 0 Å². The molecule has 0 radical (unpaired) electrons. The number of aliphatic carboxylic acids is 1. The van der Waals surface area contributed by atoms with Crippen LogP contribution in [0, 0.1) is 6.07 Å². The molecule has 0 aliphatic rings. The van der Waals surface area contributed by atoms with Crippen LogP contribution < -0.4 is 21.2 Å². The van der Waals surface area contributed by atoms with Crippen molar-refractivity contribution in [2.75, 3.05) is 0 Å². The van der Waals surface area contributed by atoms with Crippen LogP contribution in [0.15, 0.2) is 140 Å². The minimum atomic E-state index is -1.02. The van der Waals surface area contributed by atoms with Crippen LogP contribution in [0.25, 0.3) is 0 Å². The summed E-state index contributed by atoms with van der Waals surface area (Å²) in [6.45, 7) is 5.86. The molecule has 41 heavy (non-hydrogen) atoms. The first kappa shape index (κ1) is 32.6. The molecule has 0 amide bonds. The molecule has 0 unspecified atom stereocenters. The molecule has 0 heterocycles. The summed E-state index contributed by atoms with van der Waals surface area (Å²) in [7, 11) is -1.57. The third-order valence-electron chi connectivity index (χ3n) is 6.82. The van der Waals surface area contributed by atoms with Crippen LogP contribution in [0.2, 0.25) is 0 Å². The summed E-state index contributed by atoms with van der Waals surface area (Å²) >= 11 is 0. The molecule has 0 aliphatic heterocycles. The molecular weight excluding hydrogens is 633 g/mol. The first-order valence-electron chi connectivity index (χ1n) is 13.5. The maximum Gasteiger partial charge on any atom is 0.300 e. The summed E-state index contributed by atoms with van der Waals surface area (Å²) < 4.78 is 0. The van der Waals surface area contributed by atoms with Gasteiger partial charge in [-0.05, 0) is 55.4 Å². The maximum atomic E-state index is 9.00. The van der Waals surface area contributed by atoms with Crippen molar-refractivity contribution in [1.82, 2.24) is 0 Å². The Balaban J connectivity index is 0.000000869. The summed E-state index contributed by atoms with van der Waals surface area (Å²) in [5, 5.41) is 13.1. The van der Waals surface area contributed by atoms with Crippen molar-refractivity contribution < 1.29 is 30.3 Å². The van der Waals surface area contributed by atoms with E-state index in [0.717, 1.165) is 6.92 Å². The van der Waals surface area contributed by atoms with Gasteiger partial charge in [-0.15, -0.1) is 5.56 Å². The van der Waals surface area contributed by atoms with Crippen LogP contribution in [0.5, 0.6) is 0 Å². The Morgan fingerprint density at radius 3 is 1.41 bits per heavy atom. The molecule has 212 valence electrons. The summed E-state index contributed by atoms with van der Waals surface area (Å²) in [5.74, 6) is -0.833. The van der Waals surface area contributed by atoms with Crippen molar-refractivity contribution >= 4 is 43.0 Å². The predicted octanol–water partition coefficient (Wildman–Crippen LogP) is 7.70. The van der Waals surface area contributed by atoms with E-state index in [1.54, 1.807) is 0 Å². The molecule has 5 rings (SSSR count). The topological polar surface area (TPSA) is 37.3 Å². The SMILES string of the molecule is CC(=O)O.C[C@@H](c1[c-]c([C@H](C)[PH+](c2ccccc2)c2ccccc2)ccc1)P(c1ccccc1)c1ccccc1.[Pd]. The third-order valence-corrected chi connectivity index (χ3v) is 12.7. The van der Waals surface area contributed by atoms with Crippen molar-refractivity contribution in [3.8, 4) is 0 Å². The van der Waals surface area contributed by atoms with E-state index in [0.29, 0.717) is 11.3 Å². The molecular formula is C36H36O2P2Pd. The predicted molar refractivity (Wildman–Crippen MR) is 175 cm³/mol. The fraction of sp³-hybridized carbons (Fsp3) is 0.139. The van der Waals surface area contributed by atoms with E-state index >= 15 is 0 Å². The monoisotopic (exact) mass is 668 g/mol. The van der Waals surface area contributed by atoms with E-state index in [9.17, 15) is 0 Å². The van der Waals surface area contributed by atoms with Crippen LogP contribution in [0.3, 0.4) is 0 Å². The number of carboxylic acid groups (broad SMARTS) is 1. The van der Waals surface area contributed by atoms with Gasteiger partial charge in [-0.3, -0.25) is 4.79 Å². The van der Waals surface area contributed by atoms with Gasteiger partial charge in [0, 0.05) is 27.3 Å². The second-order valence-electron chi connectivity index (χ2n) is 9.66. The standard InChI is InChI=1S/C34H31P2.C2H4O2.Pd/c1-27(35(31-18-7-3-8-19-31)32-20-9-4-10-21-32)29-16-15-17-30(26-29)28(2)36(33-22-11-5-12-23-33)34-24-13-6-14-25-34;1-2(3)4;/h3-25,27-28H,1-2H3;1H3,(H,3,4);/q-1;;/p+1/t27-,28-;;/m0../s1. The Morgan fingerprint density at radius 1 is 0.634 bits per heavy atom. The molecule has 0 aromatic heterocycles. The van der Waals surface area contributed by atoms with Crippen molar-refractivity contribution in [3.05, 3.63) is 157 Å². The second kappa shape index (κ2) is 16.5. The summed E-state index contributed by atoms with van der Waals surface area (Å²) in [4.78, 5) is 9.00. The summed E-state index contributed by atoms with van der Waals surface area (Å²) in [6.07, 6.45) is 0. The number of carbonyl (C=O) groups is 1. The molecule has 1 N–H and O–H groups in total. The fourth-order valence-corrected chi connectivity index (χ4v) is 10.5. The second-order valence-corrected chi connectivity index (χ2v) is 15.1. The smallest absolute Gasteiger partial charge is 0.300 e. The van der Waals surface area contributed by atoms with Gasteiger partial charge in [0.1, 0.15) is 0 Å². The average molecular weight is 669 g/mol. The van der Waals surface area contributed by atoms with Gasteiger partial charge >= 0.3 is 0 Å². The van der Waals surface area contributed by atoms with E-state index in [1.165, 1.54) is 32.3 Å². The number of hydrogen-bond donors (Lipinski definition) is 1. The van der Waals surface area contributed by atoms with Crippen LogP contribution in [0.4, 0.5) is 0 Å². The molecule has 0 saturated heterocycles. The Labute approximate surface area is 261 Å². The van der Waals surface area contributed by atoms with Crippen LogP contribution >= 0.6 is 15.8 Å². The first-order valence-corrected chi connectivity index (χ1v) is 16.5. The number of carboxylic acids is 1. The van der Waals surface area contributed by atoms with Crippen molar-refractivity contribution in [1.29, 1.82) is 0 Å². The van der Waals surface area contributed by atoms with Crippen LogP contribution in [-0.4, -0.2) is 11.1 Å². The fourth-order valence-electron chi connectivity index (χ4n) is 4.97. The maximum absolute atomic E-state index is 9.00. The van der Waals surface area contributed by atoms with Gasteiger partial charge < -0.3 is 5.11 Å². The molecule has 0 spiro atoms. The molecule has 0 fully saturated rings. The molecule has 5 aromatic carbocycles. The van der Waals surface area contributed by atoms with Gasteiger partial charge in [-0.25, -0.2) is 0 Å². The Bertz CT molecular complexity index is 1280. The minimum absolute atomic E-state index is 0. The van der Waals surface area contributed by atoms with Gasteiger partial charge in [-0.1, -0.05) is 104 Å². The van der Waals surface area contributed by atoms with Gasteiger partial charge in [0.05, 0.1) is 24.2 Å². The Hall–Kier alpha value is -2.91. The minimum Gasteiger partial charge on any atom is -0.481 e. The summed E-state index contributed by atoms with van der Waals surface area (Å²) in [5.41, 5.74) is 3.38. The van der Waals surface area contributed by atoms with E-state index in [1.807, 2.05) is 0 Å². The van der Waals surface area contributed by atoms with E-state index < -0.39 is 21.8 Å². The van der Waals surface area contributed by atoms with Crippen molar-refractivity contribution in [3.63, 3.8) is 0 Å². The molecule has 2 atom stereocenters. The molecule has 0 aliphatic carbocycles. The zero-order chi connectivity index (χ0) is 28.3. The Kier molecular flexibility index (Phi) is 13.1. The quantitative estimate of drug-likeness (QED) is 0.105. The number of hydrogen-bond acceptors (Lipinski definition) is 1. The zero-order valence-electron chi connectivity index (χ0n) is 23.6. The zero-order valence-corrected chi connectivity index (χ0v) is 27.0. The summed E-state index contributed by atoms with van der Waals surface area (Å²) in [6, 6.07) is 54.9. The molecule has 0 saturated carbocycles. The largest absolute Gasteiger partial charge is 0.481 e. The van der Waals surface area contributed by atoms with E-state index in [4.69, 9.17) is 9.90 Å². The first-order chi connectivity index (χ1) is 19.5. The molecule has 2 nitrogen and oxygen atoms in total. The number of rotatable bonds is 8. The van der Waals surface area contributed by atoms with E-state index in [2.05, 4.69) is 159 Å². The van der Waals surface area contributed by atoms with Gasteiger partial charge in [0.15, 0.2) is 0 Å². The molecule has 0 bridgehead atoms. The van der Waals surface area contributed by atoms with Gasteiger partial charge in [-0.2, -0.15) is 29.8 Å². The number of benzene rings is 5.